The van der Waals surface area contributed by atoms with Crippen molar-refractivity contribution in [3.05, 3.63) is 97.6 Å². The van der Waals surface area contributed by atoms with Crippen molar-refractivity contribution in [3.63, 3.8) is 0 Å². The molecule has 0 fully saturated rings. The Bertz CT molecular complexity index is 1990. The van der Waals surface area contributed by atoms with Crippen LogP contribution in [0.25, 0.3) is 6.08 Å². The summed E-state index contributed by atoms with van der Waals surface area (Å²) >= 11 is 9.31. The van der Waals surface area contributed by atoms with Crippen molar-refractivity contribution in [3.8, 4) is 5.75 Å². The lowest BCUT2D eigenvalue weighted by Crippen LogP contribution is -2.40. The Labute approximate surface area is 264 Å². The van der Waals surface area contributed by atoms with Gasteiger partial charge in [-0.1, -0.05) is 27.3 Å². The Kier molecular flexibility index (Phi) is 8.78. The number of esters is 1. The number of ether oxygens (including phenoxy) is 2. The molecule has 0 saturated heterocycles. The van der Waals surface area contributed by atoms with Crippen molar-refractivity contribution < 1.29 is 18.7 Å². The molecule has 1 aromatic carbocycles. The number of carbonyl (C=O) groups excluding carboxylic acids is 1. The van der Waals surface area contributed by atoms with E-state index in [2.05, 4.69) is 46.8 Å². The van der Waals surface area contributed by atoms with Crippen LogP contribution in [0.4, 0.5) is 0 Å². The second-order valence-corrected chi connectivity index (χ2v) is 13.2. The van der Waals surface area contributed by atoms with E-state index < -0.39 is 12.0 Å². The van der Waals surface area contributed by atoms with E-state index in [0.717, 1.165) is 16.2 Å². The van der Waals surface area contributed by atoms with Gasteiger partial charge in [0.25, 0.3) is 11.1 Å². The van der Waals surface area contributed by atoms with Gasteiger partial charge in [0.05, 0.1) is 33.5 Å². The molecule has 218 valence electrons. The number of nitrogens with zero attached hydrogens (tertiary/aromatic N) is 3. The zero-order valence-electron chi connectivity index (χ0n) is 23.0. The number of thiazole rings is 1. The van der Waals surface area contributed by atoms with Gasteiger partial charge in [-0.3, -0.25) is 14.2 Å². The molecule has 0 aliphatic carbocycles. The second-order valence-electron chi connectivity index (χ2n) is 9.50. The summed E-state index contributed by atoms with van der Waals surface area (Å²) in [6.07, 6.45) is 1.25. The number of benzene rings is 1. The first-order valence-corrected chi connectivity index (χ1v) is 15.8. The topological polar surface area (TPSA) is 129 Å². The minimum absolute atomic E-state index is 0.248. The third kappa shape index (κ3) is 6.12. The van der Waals surface area contributed by atoms with Gasteiger partial charge >= 0.3 is 5.97 Å². The molecule has 1 N–H and O–H groups in total. The highest BCUT2D eigenvalue weighted by atomic mass is 79.9. The number of H-pyrrole nitrogens is 1. The van der Waals surface area contributed by atoms with Crippen molar-refractivity contribution in [2.24, 2.45) is 4.99 Å². The van der Waals surface area contributed by atoms with E-state index in [9.17, 15) is 14.4 Å². The Balaban J connectivity index is 1.64. The minimum Gasteiger partial charge on any atom is -0.496 e. The number of nitrogens with one attached hydrogen (secondary N) is 1. The maximum absolute atomic E-state index is 14.0. The van der Waals surface area contributed by atoms with Crippen molar-refractivity contribution in [1.29, 1.82) is 0 Å². The van der Waals surface area contributed by atoms with Gasteiger partial charge in [0.15, 0.2) is 15.1 Å². The van der Waals surface area contributed by atoms with Gasteiger partial charge in [-0.2, -0.15) is 0 Å². The summed E-state index contributed by atoms with van der Waals surface area (Å²) in [6, 6.07) is 7.69. The minimum atomic E-state index is -0.847. The van der Waals surface area contributed by atoms with Crippen LogP contribution in [0.2, 0.25) is 0 Å². The number of aryl methyl sites for hydroxylation is 1. The molecule has 0 spiro atoms. The second kappa shape index (κ2) is 12.2. The largest absolute Gasteiger partial charge is 0.496 e. The highest BCUT2D eigenvalue weighted by Crippen LogP contribution is 2.38. The fourth-order valence-electron chi connectivity index (χ4n) is 4.40. The van der Waals surface area contributed by atoms with Crippen LogP contribution in [0.1, 0.15) is 43.8 Å². The van der Waals surface area contributed by atoms with Crippen LogP contribution >= 0.6 is 55.0 Å². The van der Waals surface area contributed by atoms with Gasteiger partial charge in [-0.25, -0.2) is 14.8 Å². The van der Waals surface area contributed by atoms with Gasteiger partial charge in [0, 0.05) is 27.9 Å². The van der Waals surface area contributed by atoms with Crippen molar-refractivity contribution in [1.82, 2.24) is 14.5 Å². The molecule has 0 saturated carbocycles. The lowest BCUT2D eigenvalue weighted by Gasteiger charge is -2.26. The molecule has 0 amide bonds. The maximum atomic E-state index is 14.0. The van der Waals surface area contributed by atoms with Gasteiger partial charge in [-0.15, -0.1) is 0 Å². The number of carbonyl (C=O) groups is 1. The summed E-state index contributed by atoms with van der Waals surface area (Å²) < 4.78 is 20.4. The number of hydrogen-bond donors (Lipinski definition) is 1. The Morgan fingerprint density at radius 2 is 1.98 bits per heavy atom. The van der Waals surface area contributed by atoms with Crippen LogP contribution < -0.4 is 25.2 Å². The number of aromatic nitrogens is 3. The first kappa shape index (κ1) is 30.3. The molecule has 4 heterocycles. The normalized spacial score (nSPS) is 15.1. The summed E-state index contributed by atoms with van der Waals surface area (Å²) in [7, 11) is 1.53. The van der Waals surface area contributed by atoms with Crippen LogP contribution in [-0.4, -0.2) is 33.7 Å². The van der Waals surface area contributed by atoms with E-state index in [-0.39, 0.29) is 22.8 Å². The first-order valence-electron chi connectivity index (χ1n) is 12.6. The van der Waals surface area contributed by atoms with E-state index in [1.165, 1.54) is 29.1 Å². The number of allylic oxidation sites excluding steroid dienone is 1. The van der Waals surface area contributed by atoms with Crippen molar-refractivity contribution in [2.45, 2.75) is 50.1 Å². The predicted molar refractivity (Wildman–Crippen MR) is 166 cm³/mol. The zero-order chi connectivity index (χ0) is 30.3. The molecule has 0 radical (unpaired) electrons. The van der Waals surface area contributed by atoms with E-state index in [0.29, 0.717) is 52.5 Å². The highest BCUT2D eigenvalue weighted by molar-refractivity contribution is 9.10. The monoisotopic (exact) mass is 734 g/mol. The highest BCUT2D eigenvalue weighted by Gasteiger charge is 2.35. The van der Waals surface area contributed by atoms with Gasteiger partial charge in [0.1, 0.15) is 17.6 Å². The summed E-state index contributed by atoms with van der Waals surface area (Å²) in [4.78, 5) is 51.3. The van der Waals surface area contributed by atoms with Crippen molar-refractivity contribution in [2.75, 3.05) is 7.11 Å². The third-order valence-corrected chi connectivity index (χ3v) is 9.26. The Morgan fingerprint density at radius 1 is 1.21 bits per heavy atom. The number of halogens is 2. The Hall–Kier alpha value is -3.20. The molecule has 42 heavy (non-hydrogen) atoms. The van der Waals surface area contributed by atoms with Gasteiger partial charge in [0.2, 0.25) is 0 Å². The lowest BCUT2D eigenvalue weighted by molar-refractivity contribution is -0.143. The van der Waals surface area contributed by atoms with E-state index in [1.54, 1.807) is 45.9 Å². The summed E-state index contributed by atoms with van der Waals surface area (Å²) in [5.41, 5.74) is 1.24. The molecule has 10 nitrogen and oxygen atoms in total. The maximum Gasteiger partial charge on any atom is 0.338 e. The molecule has 14 heteroatoms. The number of furan rings is 1. The predicted octanol–water partition coefficient (Wildman–Crippen LogP) is 4.86. The SMILES string of the molecule is COc1ccc(Br)cc1[C@H]1C(C(=O)OC(C)C)=C(C)N=c2s/c(=C\c3cc(Br)c(Sc4nc(C)cc(=O)[nH]4)o3)c(=O)n21. The first-order chi connectivity index (χ1) is 19.9. The van der Waals surface area contributed by atoms with E-state index in [4.69, 9.17) is 13.9 Å². The third-order valence-electron chi connectivity index (χ3n) is 6.06. The zero-order valence-corrected chi connectivity index (χ0v) is 27.8. The molecule has 4 aromatic rings. The fraction of sp³-hybridized carbons (Fsp3) is 0.250. The molecule has 0 bridgehead atoms. The van der Waals surface area contributed by atoms with Gasteiger partial charge in [-0.05, 0) is 79.7 Å². The molecular formula is C28H24Br2N4O6S2. The number of rotatable bonds is 7. The molecule has 1 atom stereocenters. The standard InChI is InChI=1S/C28H24Br2N4O6S2/c1-12(2)39-25(37)22-14(4)32-28-34(23(22)17-9-15(29)6-7-19(17)38-5)24(36)20(41-28)11-16-10-18(30)26(40-16)42-27-31-13(3)8-21(35)33-27/h6-12,23H,1-5H3,(H,31,33,35)/b20-11-/t23-/m0/s1. The molecule has 0 unspecified atom stereocenters. The van der Waals surface area contributed by atoms with Crippen LogP contribution in [0.5, 0.6) is 5.75 Å². The van der Waals surface area contributed by atoms with Crippen LogP contribution in [0.3, 0.4) is 0 Å². The van der Waals surface area contributed by atoms with E-state index in [1.807, 2.05) is 12.1 Å². The average Bonchev–Trinajstić information content (AvgIpc) is 3.39. The average molecular weight is 736 g/mol. The number of hydrogen-bond acceptors (Lipinski definition) is 10. The van der Waals surface area contributed by atoms with Crippen molar-refractivity contribution >= 4 is 67.0 Å². The molecule has 1 aliphatic rings. The number of methoxy groups -OCH3 is 1. The summed E-state index contributed by atoms with van der Waals surface area (Å²) in [6.45, 7) is 6.98. The molecule has 3 aromatic heterocycles. The molecule has 1 aliphatic heterocycles. The van der Waals surface area contributed by atoms with Crippen LogP contribution in [-0.2, 0) is 9.53 Å². The number of aromatic amines is 1. The van der Waals surface area contributed by atoms with Crippen LogP contribution in [0, 0.1) is 6.92 Å². The summed E-state index contributed by atoms with van der Waals surface area (Å²) in [5, 5.41) is 0.828. The Morgan fingerprint density at radius 3 is 2.67 bits per heavy atom. The molecular weight excluding hydrogens is 712 g/mol. The number of fused-ring (bicyclic) bond motifs is 1. The van der Waals surface area contributed by atoms with Gasteiger partial charge < -0.3 is 18.9 Å². The molecule has 5 rings (SSSR count). The van der Waals surface area contributed by atoms with Crippen LogP contribution in [0.15, 0.2) is 79.8 Å². The summed E-state index contributed by atoms with van der Waals surface area (Å²) in [5.74, 6) is 0.338. The smallest absolute Gasteiger partial charge is 0.338 e. The lowest BCUT2D eigenvalue weighted by atomic mass is 9.95. The quantitative estimate of drug-likeness (QED) is 0.211. The fourth-order valence-corrected chi connectivity index (χ4v) is 7.17. The van der Waals surface area contributed by atoms with E-state index >= 15 is 0 Å².